The lowest BCUT2D eigenvalue weighted by Crippen LogP contribution is -2.40. The zero-order valence-electron chi connectivity index (χ0n) is 12.8. The average molecular weight is 367 g/mol. The Kier molecular flexibility index (Phi) is 6.53. The van der Waals surface area contributed by atoms with Crippen LogP contribution in [0.2, 0.25) is 0 Å². The van der Waals surface area contributed by atoms with Crippen molar-refractivity contribution in [1.82, 2.24) is 4.90 Å². The second-order valence-corrected chi connectivity index (χ2v) is 6.46. The van der Waals surface area contributed by atoms with Crippen LogP contribution in [0.3, 0.4) is 0 Å². The Morgan fingerprint density at radius 1 is 1.14 bits per heavy atom. The predicted octanol–water partition coefficient (Wildman–Crippen LogP) is 5.00. The molecule has 0 bridgehead atoms. The highest BCUT2D eigenvalue weighted by Crippen LogP contribution is 2.36. The highest BCUT2D eigenvalue weighted by Gasteiger charge is 2.33. The fraction of sp³-hybridized carbons (Fsp3) is 0.600. The van der Waals surface area contributed by atoms with E-state index < -0.39 is 11.7 Å². The van der Waals surface area contributed by atoms with Gasteiger partial charge < -0.3 is 5.32 Å². The summed E-state index contributed by atoms with van der Waals surface area (Å²) in [5.74, 6) is 0. The molecule has 0 aliphatic heterocycles. The average Bonchev–Trinajstić information content (AvgIpc) is 2.33. The summed E-state index contributed by atoms with van der Waals surface area (Å²) < 4.78 is 39.4. The van der Waals surface area contributed by atoms with Crippen LogP contribution in [0.25, 0.3) is 0 Å². The highest BCUT2D eigenvalue weighted by atomic mass is 79.9. The van der Waals surface area contributed by atoms with Gasteiger partial charge in [-0.1, -0.05) is 15.9 Å². The molecule has 0 aliphatic rings. The fourth-order valence-corrected chi connectivity index (χ4v) is 2.70. The Balaban J connectivity index is 2.76. The molecule has 0 amide bonds. The van der Waals surface area contributed by atoms with Gasteiger partial charge in [-0.3, -0.25) is 4.90 Å². The third-order valence-corrected chi connectivity index (χ3v) is 3.79. The molecule has 0 aromatic heterocycles. The summed E-state index contributed by atoms with van der Waals surface area (Å²) in [4.78, 5) is 2.24. The second-order valence-electron chi connectivity index (χ2n) is 5.54. The first-order valence-electron chi connectivity index (χ1n) is 6.99. The van der Waals surface area contributed by atoms with Gasteiger partial charge in [0.2, 0.25) is 0 Å². The molecule has 0 fully saturated rings. The van der Waals surface area contributed by atoms with E-state index in [1.807, 2.05) is 0 Å². The van der Waals surface area contributed by atoms with E-state index in [0.29, 0.717) is 29.6 Å². The van der Waals surface area contributed by atoms with Crippen molar-refractivity contribution in [2.45, 2.75) is 46.0 Å². The molecule has 0 unspecified atom stereocenters. The smallest absolute Gasteiger partial charge is 0.383 e. The Morgan fingerprint density at radius 2 is 1.71 bits per heavy atom. The first-order valence-corrected chi connectivity index (χ1v) is 7.78. The number of anilines is 1. The monoisotopic (exact) mass is 366 g/mol. The quantitative estimate of drug-likeness (QED) is 0.761. The van der Waals surface area contributed by atoms with Crippen molar-refractivity contribution in [2.75, 3.05) is 18.4 Å². The zero-order chi connectivity index (χ0) is 16.2. The molecular formula is C15H22BrF3N2. The minimum absolute atomic E-state index is 0.123. The Labute approximate surface area is 132 Å². The van der Waals surface area contributed by atoms with E-state index in [4.69, 9.17) is 0 Å². The second kappa shape index (κ2) is 7.49. The van der Waals surface area contributed by atoms with Crippen LogP contribution < -0.4 is 5.32 Å². The molecule has 0 spiro atoms. The van der Waals surface area contributed by atoms with Crippen LogP contribution in [0.1, 0.15) is 33.3 Å². The fourth-order valence-electron chi connectivity index (χ4n) is 2.34. The van der Waals surface area contributed by atoms with Gasteiger partial charge in [0.25, 0.3) is 0 Å². The van der Waals surface area contributed by atoms with Gasteiger partial charge in [-0.15, -0.1) is 0 Å². The molecule has 21 heavy (non-hydrogen) atoms. The van der Waals surface area contributed by atoms with Gasteiger partial charge in [-0.05, 0) is 45.9 Å². The van der Waals surface area contributed by atoms with Crippen molar-refractivity contribution in [3.05, 3.63) is 28.2 Å². The van der Waals surface area contributed by atoms with Crippen molar-refractivity contribution in [3.8, 4) is 0 Å². The number of hydrogen-bond donors (Lipinski definition) is 1. The van der Waals surface area contributed by atoms with Crippen LogP contribution in [-0.2, 0) is 6.18 Å². The van der Waals surface area contributed by atoms with Gasteiger partial charge in [-0.2, -0.15) is 13.2 Å². The third kappa shape index (κ3) is 5.51. The summed E-state index contributed by atoms with van der Waals surface area (Å²) in [5.41, 5.74) is -0.518. The van der Waals surface area contributed by atoms with Crippen molar-refractivity contribution < 1.29 is 13.2 Å². The number of benzene rings is 1. The van der Waals surface area contributed by atoms with Gasteiger partial charge >= 0.3 is 6.18 Å². The lowest BCUT2D eigenvalue weighted by molar-refractivity contribution is -0.137. The lowest BCUT2D eigenvalue weighted by Gasteiger charge is -2.30. The van der Waals surface area contributed by atoms with E-state index in [1.54, 1.807) is 6.07 Å². The maximum atomic E-state index is 13.0. The maximum Gasteiger partial charge on any atom is 0.418 e. The minimum Gasteiger partial charge on any atom is -0.383 e. The third-order valence-electron chi connectivity index (χ3n) is 3.30. The maximum absolute atomic E-state index is 13.0. The summed E-state index contributed by atoms with van der Waals surface area (Å²) >= 11 is 3.08. The van der Waals surface area contributed by atoms with Crippen LogP contribution >= 0.6 is 15.9 Å². The van der Waals surface area contributed by atoms with E-state index in [0.717, 1.165) is 6.07 Å². The summed E-state index contributed by atoms with van der Waals surface area (Å²) in [6.45, 7) is 9.51. The largest absolute Gasteiger partial charge is 0.418 e. The van der Waals surface area contributed by atoms with Crippen LogP contribution in [0, 0.1) is 0 Å². The number of nitrogens with one attached hydrogen (secondary N) is 1. The molecule has 0 heterocycles. The predicted molar refractivity (Wildman–Crippen MR) is 84.6 cm³/mol. The molecule has 120 valence electrons. The van der Waals surface area contributed by atoms with Crippen molar-refractivity contribution >= 4 is 21.6 Å². The van der Waals surface area contributed by atoms with Crippen LogP contribution in [0.15, 0.2) is 22.7 Å². The molecule has 1 N–H and O–H groups in total. The molecule has 0 saturated heterocycles. The normalized spacial score (nSPS) is 12.5. The van der Waals surface area contributed by atoms with Crippen molar-refractivity contribution in [1.29, 1.82) is 0 Å². The van der Waals surface area contributed by atoms with Crippen molar-refractivity contribution in [3.63, 3.8) is 0 Å². The first kappa shape index (κ1) is 18.3. The Morgan fingerprint density at radius 3 is 2.19 bits per heavy atom. The molecule has 0 radical (unpaired) electrons. The number of nitrogens with zero attached hydrogens (tertiary/aromatic N) is 1. The summed E-state index contributed by atoms with van der Waals surface area (Å²) in [5, 5.41) is 2.90. The molecule has 1 aromatic rings. The molecule has 0 atom stereocenters. The summed E-state index contributed by atoms with van der Waals surface area (Å²) in [6.07, 6.45) is -4.36. The van der Waals surface area contributed by atoms with Gasteiger partial charge in [0.05, 0.1) is 5.56 Å². The van der Waals surface area contributed by atoms with Gasteiger partial charge in [0.15, 0.2) is 0 Å². The first-order chi connectivity index (χ1) is 9.62. The van der Waals surface area contributed by atoms with Gasteiger partial charge in [-0.25, -0.2) is 0 Å². The van der Waals surface area contributed by atoms with E-state index >= 15 is 0 Å². The standard InChI is InChI=1S/C15H22BrF3N2/c1-10(2)21(11(3)4)8-7-20-14-6-5-12(16)9-13(14)15(17,18)19/h5-6,9-11,20H,7-8H2,1-4H3. The number of rotatable bonds is 6. The summed E-state index contributed by atoms with van der Waals surface area (Å²) in [7, 11) is 0. The lowest BCUT2D eigenvalue weighted by atomic mass is 10.1. The van der Waals surface area contributed by atoms with E-state index in [1.165, 1.54) is 6.07 Å². The van der Waals surface area contributed by atoms with E-state index in [2.05, 4.69) is 53.8 Å². The molecule has 0 saturated carbocycles. The molecular weight excluding hydrogens is 345 g/mol. The minimum atomic E-state index is -4.36. The van der Waals surface area contributed by atoms with E-state index in [-0.39, 0.29) is 5.69 Å². The Bertz CT molecular complexity index is 451. The van der Waals surface area contributed by atoms with Crippen LogP contribution in [-0.4, -0.2) is 30.1 Å². The van der Waals surface area contributed by atoms with E-state index in [9.17, 15) is 13.2 Å². The highest BCUT2D eigenvalue weighted by molar-refractivity contribution is 9.10. The molecule has 6 heteroatoms. The number of hydrogen-bond acceptors (Lipinski definition) is 2. The van der Waals surface area contributed by atoms with Crippen molar-refractivity contribution in [2.24, 2.45) is 0 Å². The van der Waals surface area contributed by atoms with Gasteiger partial charge in [0.1, 0.15) is 0 Å². The SMILES string of the molecule is CC(C)N(CCNc1ccc(Br)cc1C(F)(F)F)C(C)C. The number of halogens is 4. The van der Waals surface area contributed by atoms with Crippen LogP contribution in [0.5, 0.6) is 0 Å². The molecule has 0 aliphatic carbocycles. The van der Waals surface area contributed by atoms with Gasteiger partial charge in [0, 0.05) is 35.3 Å². The Hall–Kier alpha value is -0.750. The topological polar surface area (TPSA) is 15.3 Å². The van der Waals surface area contributed by atoms with Crippen LogP contribution in [0.4, 0.5) is 18.9 Å². The molecule has 1 rings (SSSR count). The number of alkyl halides is 3. The molecule has 2 nitrogen and oxygen atoms in total. The molecule has 1 aromatic carbocycles. The summed E-state index contributed by atoms with van der Waals surface area (Å²) in [6, 6.07) is 4.89. The zero-order valence-corrected chi connectivity index (χ0v) is 14.3.